The molecular formula is C16H24ClNO2. The average molecular weight is 298 g/mol. The SMILES string of the molecule is COc1cc(Cl)cc(CNC(C)C)c1OCC=C(C)C. The van der Waals surface area contributed by atoms with Gasteiger partial charge in [0.25, 0.3) is 0 Å². The van der Waals surface area contributed by atoms with Crippen LogP contribution in [0.2, 0.25) is 5.02 Å². The highest BCUT2D eigenvalue weighted by molar-refractivity contribution is 6.30. The number of methoxy groups -OCH3 is 1. The Morgan fingerprint density at radius 3 is 2.60 bits per heavy atom. The number of halogens is 1. The Hall–Kier alpha value is -1.19. The van der Waals surface area contributed by atoms with Gasteiger partial charge in [0.15, 0.2) is 11.5 Å². The minimum Gasteiger partial charge on any atom is -0.493 e. The zero-order chi connectivity index (χ0) is 15.1. The van der Waals surface area contributed by atoms with E-state index in [2.05, 4.69) is 19.2 Å². The zero-order valence-corrected chi connectivity index (χ0v) is 13.7. The average Bonchev–Trinajstić information content (AvgIpc) is 2.37. The van der Waals surface area contributed by atoms with E-state index in [0.717, 1.165) is 11.3 Å². The summed E-state index contributed by atoms with van der Waals surface area (Å²) in [5.74, 6) is 1.42. The van der Waals surface area contributed by atoms with Crippen LogP contribution in [-0.4, -0.2) is 19.8 Å². The smallest absolute Gasteiger partial charge is 0.166 e. The summed E-state index contributed by atoms with van der Waals surface area (Å²) >= 11 is 6.13. The second-order valence-electron chi connectivity index (χ2n) is 5.22. The summed E-state index contributed by atoms with van der Waals surface area (Å²) < 4.78 is 11.2. The van der Waals surface area contributed by atoms with Crippen LogP contribution in [-0.2, 0) is 6.54 Å². The summed E-state index contributed by atoms with van der Waals surface area (Å²) in [5, 5.41) is 4.02. The van der Waals surface area contributed by atoms with Gasteiger partial charge in [0, 0.05) is 29.2 Å². The van der Waals surface area contributed by atoms with Gasteiger partial charge in [-0.1, -0.05) is 31.0 Å². The van der Waals surface area contributed by atoms with Crippen LogP contribution < -0.4 is 14.8 Å². The highest BCUT2D eigenvalue weighted by Gasteiger charge is 2.13. The van der Waals surface area contributed by atoms with E-state index >= 15 is 0 Å². The van der Waals surface area contributed by atoms with Crippen molar-refractivity contribution < 1.29 is 9.47 Å². The Kier molecular flexibility index (Phi) is 6.89. The van der Waals surface area contributed by atoms with Gasteiger partial charge in [-0.2, -0.15) is 0 Å². The van der Waals surface area contributed by atoms with Crippen LogP contribution in [0, 0.1) is 0 Å². The van der Waals surface area contributed by atoms with Gasteiger partial charge in [0.2, 0.25) is 0 Å². The molecule has 0 aliphatic carbocycles. The van der Waals surface area contributed by atoms with Crippen LogP contribution >= 0.6 is 11.6 Å². The molecule has 0 amide bonds. The number of hydrogen-bond acceptors (Lipinski definition) is 3. The predicted molar refractivity (Wildman–Crippen MR) is 84.9 cm³/mol. The van der Waals surface area contributed by atoms with Crippen molar-refractivity contribution in [1.29, 1.82) is 0 Å². The van der Waals surface area contributed by atoms with E-state index in [4.69, 9.17) is 21.1 Å². The lowest BCUT2D eigenvalue weighted by atomic mass is 10.1. The van der Waals surface area contributed by atoms with Gasteiger partial charge < -0.3 is 14.8 Å². The molecule has 1 aromatic carbocycles. The van der Waals surface area contributed by atoms with Crippen LogP contribution in [0.1, 0.15) is 33.3 Å². The Labute approximate surface area is 126 Å². The normalized spacial score (nSPS) is 10.6. The molecule has 0 spiro atoms. The molecule has 1 N–H and O–H groups in total. The molecule has 0 bridgehead atoms. The second-order valence-corrected chi connectivity index (χ2v) is 5.66. The summed E-state index contributed by atoms with van der Waals surface area (Å²) in [6.07, 6.45) is 2.04. The number of benzene rings is 1. The topological polar surface area (TPSA) is 30.5 Å². The van der Waals surface area contributed by atoms with Gasteiger partial charge >= 0.3 is 0 Å². The molecule has 4 heteroatoms. The monoisotopic (exact) mass is 297 g/mol. The van der Waals surface area contributed by atoms with Crippen LogP contribution in [0.25, 0.3) is 0 Å². The zero-order valence-electron chi connectivity index (χ0n) is 12.9. The predicted octanol–water partition coefficient (Wildman–Crippen LogP) is 4.19. The maximum Gasteiger partial charge on any atom is 0.166 e. The Bertz CT molecular complexity index is 466. The minimum absolute atomic E-state index is 0.394. The van der Waals surface area contributed by atoms with Gasteiger partial charge in [0.05, 0.1) is 7.11 Å². The molecule has 0 fully saturated rings. The lowest BCUT2D eigenvalue weighted by Crippen LogP contribution is -2.22. The molecule has 112 valence electrons. The van der Waals surface area contributed by atoms with E-state index in [1.807, 2.05) is 26.0 Å². The fraction of sp³-hybridized carbons (Fsp3) is 0.500. The first-order valence-corrected chi connectivity index (χ1v) is 7.17. The Morgan fingerprint density at radius 1 is 1.35 bits per heavy atom. The van der Waals surface area contributed by atoms with Crippen molar-refractivity contribution in [2.75, 3.05) is 13.7 Å². The van der Waals surface area contributed by atoms with Gasteiger partial charge in [-0.3, -0.25) is 0 Å². The van der Waals surface area contributed by atoms with Crippen molar-refractivity contribution in [3.8, 4) is 11.5 Å². The van der Waals surface area contributed by atoms with E-state index < -0.39 is 0 Å². The van der Waals surface area contributed by atoms with Crippen molar-refractivity contribution in [1.82, 2.24) is 5.32 Å². The van der Waals surface area contributed by atoms with Crippen molar-refractivity contribution in [3.05, 3.63) is 34.4 Å². The van der Waals surface area contributed by atoms with Crippen molar-refractivity contribution in [2.45, 2.75) is 40.3 Å². The summed E-state index contributed by atoms with van der Waals surface area (Å²) in [5.41, 5.74) is 2.23. The third kappa shape index (κ3) is 5.43. The number of allylic oxidation sites excluding steroid dienone is 1. The largest absolute Gasteiger partial charge is 0.493 e. The molecule has 3 nitrogen and oxygen atoms in total. The molecule has 20 heavy (non-hydrogen) atoms. The van der Waals surface area contributed by atoms with Crippen molar-refractivity contribution >= 4 is 11.6 Å². The molecular weight excluding hydrogens is 274 g/mol. The Morgan fingerprint density at radius 2 is 2.05 bits per heavy atom. The maximum absolute atomic E-state index is 6.13. The molecule has 0 atom stereocenters. The lowest BCUT2D eigenvalue weighted by molar-refractivity contribution is 0.321. The van der Waals surface area contributed by atoms with E-state index in [1.54, 1.807) is 13.2 Å². The van der Waals surface area contributed by atoms with E-state index in [9.17, 15) is 0 Å². The van der Waals surface area contributed by atoms with Gasteiger partial charge in [-0.05, 0) is 26.0 Å². The van der Waals surface area contributed by atoms with Gasteiger partial charge in [-0.15, -0.1) is 0 Å². The van der Waals surface area contributed by atoms with E-state index in [1.165, 1.54) is 5.57 Å². The third-order valence-corrected chi connectivity index (χ3v) is 2.95. The molecule has 0 aromatic heterocycles. The minimum atomic E-state index is 0.394. The van der Waals surface area contributed by atoms with Crippen LogP contribution in [0.3, 0.4) is 0 Å². The fourth-order valence-electron chi connectivity index (χ4n) is 1.68. The molecule has 0 unspecified atom stereocenters. The van der Waals surface area contributed by atoms with Crippen molar-refractivity contribution in [3.63, 3.8) is 0 Å². The summed E-state index contributed by atoms with van der Waals surface area (Å²) in [6.45, 7) is 9.51. The highest BCUT2D eigenvalue weighted by Crippen LogP contribution is 2.34. The first-order valence-electron chi connectivity index (χ1n) is 6.80. The van der Waals surface area contributed by atoms with Gasteiger partial charge in [0.1, 0.15) is 6.61 Å². The van der Waals surface area contributed by atoms with Gasteiger partial charge in [-0.25, -0.2) is 0 Å². The number of rotatable bonds is 7. The second kappa shape index (κ2) is 8.18. The Balaban J connectivity index is 2.99. The van der Waals surface area contributed by atoms with Crippen LogP contribution in [0.15, 0.2) is 23.8 Å². The van der Waals surface area contributed by atoms with E-state index in [0.29, 0.717) is 30.0 Å². The van der Waals surface area contributed by atoms with Crippen LogP contribution in [0.4, 0.5) is 0 Å². The summed E-state index contributed by atoms with van der Waals surface area (Å²) in [6, 6.07) is 4.08. The molecule has 1 aromatic rings. The molecule has 0 heterocycles. The molecule has 0 saturated carbocycles. The third-order valence-electron chi connectivity index (χ3n) is 2.74. The molecule has 0 saturated heterocycles. The standard InChI is InChI=1S/C16H24ClNO2/c1-11(2)6-7-20-16-13(10-18-12(3)4)8-14(17)9-15(16)19-5/h6,8-9,12,18H,7,10H2,1-5H3. The number of ether oxygens (including phenoxy) is 2. The molecule has 0 aliphatic heterocycles. The first-order chi connectivity index (χ1) is 9.43. The van der Waals surface area contributed by atoms with Crippen LogP contribution in [0.5, 0.6) is 11.5 Å². The number of hydrogen-bond donors (Lipinski definition) is 1. The number of nitrogens with one attached hydrogen (secondary N) is 1. The lowest BCUT2D eigenvalue weighted by Gasteiger charge is -2.16. The molecule has 1 rings (SSSR count). The highest BCUT2D eigenvalue weighted by atomic mass is 35.5. The fourth-order valence-corrected chi connectivity index (χ4v) is 1.91. The van der Waals surface area contributed by atoms with E-state index in [-0.39, 0.29) is 0 Å². The quantitative estimate of drug-likeness (QED) is 0.766. The maximum atomic E-state index is 6.13. The summed E-state index contributed by atoms with van der Waals surface area (Å²) in [4.78, 5) is 0. The first kappa shape index (κ1) is 16.9. The molecule has 0 radical (unpaired) electrons. The van der Waals surface area contributed by atoms with Crippen molar-refractivity contribution in [2.24, 2.45) is 0 Å². The summed E-state index contributed by atoms with van der Waals surface area (Å²) in [7, 11) is 1.62. The molecule has 0 aliphatic rings.